The molecule has 1 atom stereocenters. The van der Waals surface area contributed by atoms with E-state index in [-0.39, 0.29) is 12.4 Å². The first-order valence-corrected chi connectivity index (χ1v) is 5.20. The van der Waals surface area contributed by atoms with Crippen molar-refractivity contribution in [3.8, 4) is 5.75 Å². The van der Waals surface area contributed by atoms with Crippen LogP contribution in [0.3, 0.4) is 0 Å². The van der Waals surface area contributed by atoms with Crippen LogP contribution in [0.25, 0.3) is 0 Å². The van der Waals surface area contributed by atoms with Crippen LogP contribution < -0.4 is 0 Å². The third-order valence-electron chi connectivity index (χ3n) is 2.23. The number of nitrogens with zero attached hydrogens (tertiary/aromatic N) is 1. The predicted octanol–water partition coefficient (Wildman–Crippen LogP) is 1.60. The molecule has 0 radical (unpaired) electrons. The summed E-state index contributed by atoms with van der Waals surface area (Å²) >= 11 is 0. The summed E-state index contributed by atoms with van der Waals surface area (Å²) in [5, 5.41) is 9.31. The summed E-state index contributed by atoms with van der Waals surface area (Å²) in [6.45, 7) is -4.68. The van der Waals surface area contributed by atoms with Crippen LogP contribution in [0.1, 0.15) is 26.6 Å². The summed E-state index contributed by atoms with van der Waals surface area (Å²) in [6.07, 6.45) is 0. The number of benzene rings is 1. The van der Waals surface area contributed by atoms with E-state index in [4.69, 9.17) is 13.0 Å². The number of carbonyl (C=O) groups excluding carboxylic acids is 1. The summed E-state index contributed by atoms with van der Waals surface area (Å²) in [4.78, 5) is 12.5. The molecule has 1 aromatic rings. The fraction of sp³-hybridized carbons (Fsp3) is 0.462. The van der Waals surface area contributed by atoms with Gasteiger partial charge in [0, 0.05) is 14.8 Å². The van der Waals surface area contributed by atoms with E-state index in [2.05, 4.69) is 0 Å². The van der Waals surface area contributed by atoms with Gasteiger partial charge in [0.1, 0.15) is 5.75 Å². The van der Waals surface area contributed by atoms with Crippen molar-refractivity contribution in [1.29, 1.82) is 0 Å². The maximum absolute atomic E-state index is 12.1. The van der Waals surface area contributed by atoms with E-state index in [1.807, 2.05) is 0 Å². The van der Waals surface area contributed by atoms with Crippen LogP contribution in [-0.4, -0.2) is 43.1 Å². The highest BCUT2D eigenvalue weighted by molar-refractivity contribution is 5.78. The van der Waals surface area contributed by atoms with Crippen molar-refractivity contribution >= 4 is 5.97 Å². The summed E-state index contributed by atoms with van der Waals surface area (Å²) in [5.74, 6) is -1.85. The molecule has 0 aliphatic heterocycles. The van der Waals surface area contributed by atoms with Gasteiger partial charge < -0.3 is 14.7 Å². The fourth-order valence-corrected chi connectivity index (χ4v) is 1.45. The average Bonchev–Trinajstić information content (AvgIpc) is 2.38. The van der Waals surface area contributed by atoms with E-state index in [1.165, 1.54) is 24.3 Å². The molecule has 0 amide bonds. The van der Waals surface area contributed by atoms with Gasteiger partial charge in [-0.05, 0) is 38.6 Å². The number of carbonyl (C=O) groups is 1. The largest absolute Gasteiger partial charge is 0.508 e. The van der Waals surface area contributed by atoms with Gasteiger partial charge >= 0.3 is 5.97 Å². The average molecular weight is 243 g/mol. The van der Waals surface area contributed by atoms with Crippen LogP contribution >= 0.6 is 0 Å². The van der Waals surface area contributed by atoms with E-state index >= 15 is 0 Å². The first-order valence-electron chi connectivity index (χ1n) is 8.20. The molecule has 0 saturated carbocycles. The minimum Gasteiger partial charge on any atom is -0.508 e. The molecule has 0 bridgehead atoms. The molecule has 1 unspecified atom stereocenters. The molecule has 0 aliphatic carbocycles. The molecule has 0 aliphatic rings. The Morgan fingerprint density at radius 1 is 1.47 bits per heavy atom. The third kappa shape index (κ3) is 4.07. The van der Waals surface area contributed by atoms with Crippen molar-refractivity contribution in [2.24, 2.45) is 0 Å². The van der Waals surface area contributed by atoms with Gasteiger partial charge in [-0.1, -0.05) is 12.1 Å². The van der Waals surface area contributed by atoms with Crippen LogP contribution in [0, 0.1) is 0 Å². The lowest BCUT2D eigenvalue weighted by Gasteiger charge is -2.19. The zero-order valence-electron chi connectivity index (χ0n) is 15.5. The first kappa shape index (κ1) is 7.01. The summed E-state index contributed by atoms with van der Waals surface area (Å²) < 4.78 is 49.2. The second kappa shape index (κ2) is 6.25. The zero-order chi connectivity index (χ0) is 17.8. The van der Waals surface area contributed by atoms with Gasteiger partial charge in [0.25, 0.3) is 0 Å². The molecule has 0 aromatic heterocycles. The van der Waals surface area contributed by atoms with Gasteiger partial charge in [0.05, 0.1) is 12.5 Å². The number of hydrogen-bond acceptors (Lipinski definition) is 4. The molecule has 1 rings (SSSR count). The highest BCUT2D eigenvalue weighted by Crippen LogP contribution is 2.21. The van der Waals surface area contributed by atoms with Crippen LogP contribution in [-0.2, 0) is 9.53 Å². The molecular formula is C13H19NO3. The van der Waals surface area contributed by atoms with Gasteiger partial charge in [0.2, 0.25) is 0 Å². The number of hydrogen-bond donors (Lipinski definition) is 1. The summed E-state index contributed by atoms with van der Waals surface area (Å²) in [7, 11) is 0. The maximum atomic E-state index is 12.1. The molecule has 94 valence electrons. The van der Waals surface area contributed by atoms with E-state index < -0.39 is 32.4 Å². The number of phenolic OH excluding ortho intramolecular Hbond substituents is 1. The molecule has 1 N–H and O–H groups in total. The normalized spacial score (nSPS) is 19.2. The Kier molecular flexibility index (Phi) is 2.58. The molecule has 4 nitrogen and oxygen atoms in total. The highest BCUT2D eigenvalue weighted by Gasteiger charge is 2.22. The highest BCUT2D eigenvalue weighted by atomic mass is 16.5. The second-order valence-corrected chi connectivity index (χ2v) is 3.51. The lowest BCUT2D eigenvalue weighted by Crippen LogP contribution is -2.27. The van der Waals surface area contributed by atoms with Crippen LogP contribution in [0.5, 0.6) is 5.75 Å². The molecule has 0 fully saturated rings. The van der Waals surface area contributed by atoms with E-state index in [0.717, 1.165) is 0 Å². The Bertz CT molecular complexity index is 512. The van der Waals surface area contributed by atoms with Gasteiger partial charge in [-0.15, -0.1) is 0 Å². The van der Waals surface area contributed by atoms with Gasteiger partial charge in [-0.3, -0.25) is 4.79 Å². The number of esters is 1. The van der Waals surface area contributed by atoms with Crippen molar-refractivity contribution in [1.82, 2.24) is 4.90 Å². The van der Waals surface area contributed by atoms with Gasteiger partial charge in [0.15, 0.2) is 0 Å². The van der Waals surface area contributed by atoms with E-state index in [1.54, 1.807) is 6.92 Å². The Balaban J connectivity index is 3.18. The Morgan fingerprint density at radius 2 is 2.12 bits per heavy atom. The standard InChI is InChI=1S/C13H19NO3/c1-4-17-13(16)12(9-14(2)3)10-5-7-11(15)8-6-10/h5-8,12,15H,4,9H2,1-3H3/i2D3,3D3. The van der Waals surface area contributed by atoms with Gasteiger partial charge in [-0.25, -0.2) is 0 Å². The minimum absolute atomic E-state index is 0.0279. The van der Waals surface area contributed by atoms with Crippen molar-refractivity contribution < 1.29 is 22.9 Å². The van der Waals surface area contributed by atoms with Crippen molar-refractivity contribution in [2.75, 3.05) is 27.1 Å². The lowest BCUT2D eigenvalue weighted by atomic mass is 9.98. The molecule has 1 aromatic carbocycles. The quantitative estimate of drug-likeness (QED) is 0.798. The topological polar surface area (TPSA) is 49.8 Å². The Hall–Kier alpha value is -1.55. The monoisotopic (exact) mass is 243 g/mol. The number of ether oxygens (including phenoxy) is 1. The van der Waals surface area contributed by atoms with Crippen LogP contribution in [0.15, 0.2) is 24.3 Å². The first-order chi connectivity index (χ1) is 10.5. The van der Waals surface area contributed by atoms with Crippen molar-refractivity contribution in [3.05, 3.63) is 29.8 Å². The smallest absolute Gasteiger partial charge is 0.314 e. The van der Waals surface area contributed by atoms with Crippen LogP contribution in [0.4, 0.5) is 0 Å². The number of rotatable bonds is 5. The van der Waals surface area contributed by atoms with E-state index in [9.17, 15) is 9.90 Å². The summed E-state index contributed by atoms with van der Waals surface area (Å²) in [6, 6.07) is 5.51. The van der Waals surface area contributed by atoms with Crippen molar-refractivity contribution in [2.45, 2.75) is 12.8 Å². The number of phenols is 1. The molecule has 0 heterocycles. The van der Waals surface area contributed by atoms with Crippen LogP contribution in [0.2, 0.25) is 0 Å². The number of likely N-dealkylation sites (N-methyl/N-ethyl adjacent to an activating group) is 1. The molecule has 0 spiro atoms. The fourth-order valence-electron chi connectivity index (χ4n) is 1.45. The maximum Gasteiger partial charge on any atom is 0.314 e. The summed E-state index contributed by atoms with van der Waals surface area (Å²) in [5.41, 5.74) is 0.361. The molecule has 0 saturated heterocycles. The van der Waals surface area contributed by atoms with Gasteiger partial charge in [-0.2, -0.15) is 0 Å². The molecule has 17 heavy (non-hydrogen) atoms. The Labute approximate surface area is 110 Å². The third-order valence-corrected chi connectivity index (χ3v) is 2.23. The zero-order valence-corrected chi connectivity index (χ0v) is 9.51. The molecular weight excluding hydrogens is 218 g/mol. The minimum atomic E-state index is -2.90. The lowest BCUT2D eigenvalue weighted by molar-refractivity contribution is -0.145. The second-order valence-electron chi connectivity index (χ2n) is 3.51. The molecule has 4 heteroatoms. The van der Waals surface area contributed by atoms with Crippen molar-refractivity contribution in [3.63, 3.8) is 0 Å². The predicted molar refractivity (Wildman–Crippen MR) is 66.0 cm³/mol. The SMILES string of the molecule is [2H]C([2H])([2H])N(CC(C(=O)OCC)c1ccc(O)cc1)C([2H])([2H])[2H]. The number of aromatic hydroxyl groups is 1. The van der Waals surface area contributed by atoms with E-state index in [0.29, 0.717) is 10.5 Å². The Morgan fingerprint density at radius 3 is 2.65 bits per heavy atom.